The Kier molecular flexibility index (Phi) is 14.5. The maximum atomic E-state index is 11.4. The van der Waals surface area contributed by atoms with Gasteiger partial charge in [0.1, 0.15) is 0 Å². The lowest BCUT2D eigenvalue weighted by Gasteiger charge is -2.14. The summed E-state index contributed by atoms with van der Waals surface area (Å²) in [7, 11) is 0. The van der Waals surface area contributed by atoms with E-state index in [0.717, 1.165) is 19.3 Å². The van der Waals surface area contributed by atoms with Crippen LogP contribution in [0.15, 0.2) is 12.2 Å². The molecule has 0 amide bonds. The van der Waals surface area contributed by atoms with Crippen molar-refractivity contribution in [3.05, 3.63) is 12.2 Å². The summed E-state index contributed by atoms with van der Waals surface area (Å²) in [6.07, 6.45) is 21.1. The largest absolute Gasteiger partial charge is 0.369 e. The maximum absolute atomic E-state index is 11.4. The second-order valence-electron chi connectivity index (χ2n) is 6.90. The molecule has 0 aliphatic carbocycles. The Hall–Kier alpha value is -0.670. The van der Waals surface area contributed by atoms with E-state index < -0.39 is 5.72 Å². The molecule has 0 aromatic heterocycles. The molecule has 0 aliphatic rings. The van der Waals surface area contributed by atoms with Crippen LogP contribution in [-0.2, 0) is 4.79 Å². The number of aliphatic hydroxyl groups is 1. The first-order valence-electron chi connectivity index (χ1n) is 9.68. The van der Waals surface area contributed by atoms with Gasteiger partial charge < -0.3 is 5.11 Å². The molecule has 0 radical (unpaired) electrons. The predicted molar refractivity (Wildman–Crippen MR) is 99.3 cm³/mol. The lowest BCUT2D eigenvalue weighted by Crippen LogP contribution is -2.44. The van der Waals surface area contributed by atoms with Crippen LogP contribution in [0.1, 0.15) is 104 Å². The van der Waals surface area contributed by atoms with E-state index in [1.165, 1.54) is 71.1 Å². The fourth-order valence-corrected chi connectivity index (χ4v) is 2.61. The van der Waals surface area contributed by atoms with E-state index in [1.54, 1.807) is 0 Å². The number of unbranched alkanes of at least 4 members (excludes halogenated alkanes) is 11. The first kappa shape index (κ1) is 22.3. The summed E-state index contributed by atoms with van der Waals surface area (Å²) in [4.78, 5) is 11.4. The number of Topliss-reactive ketones (excluding diaryl/α,β-unsaturated/α-hetero) is 1. The maximum Gasteiger partial charge on any atom is 0.178 e. The fraction of sp³-hybridized carbons (Fsp3) is 0.850. The number of hydrogen-bond donors (Lipinski definition) is 2. The van der Waals surface area contributed by atoms with Gasteiger partial charge in [0.2, 0.25) is 0 Å². The van der Waals surface area contributed by atoms with Crippen molar-refractivity contribution in [2.75, 3.05) is 0 Å². The Morgan fingerprint density at radius 1 is 0.870 bits per heavy atom. The van der Waals surface area contributed by atoms with E-state index in [4.69, 9.17) is 5.73 Å². The minimum atomic E-state index is -1.65. The van der Waals surface area contributed by atoms with E-state index in [1.807, 2.05) is 0 Å². The molecule has 0 aromatic rings. The summed E-state index contributed by atoms with van der Waals surface area (Å²) < 4.78 is 0. The standard InChI is InChI=1S/C20H39NO2/c1-3-4-5-6-7-8-9-10-11-12-13-14-15-16-17-18-19(22)20(2,21)23/h10-11,23H,3-9,12-18,21H2,1-2H3/b11-10-. The average molecular weight is 326 g/mol. The first-order valence-corrected chi connectivity index (χ1v) is 9.68. The van der Waals surface area contributed by atoms with Gasteiger partial charge in [-0.05, 0) is 39.0 Å². The monoisotopic (exact) mass is 325 g/mol. The van der Waals surface area contributed by atoms with E-state index in [2.05, 4.69) is 19.1 Å². The zero-order valence-electron chi connectivity index (χ0n) is 15.5. The summed E-state index contributed by atoms with van der Waals surface area (Å²) in [6, 6.07) is 0. The molecular formula is C20H39NO2. The molecule has 0 aromatic carbocycles. The quantitative estimate of drug-likeness (QED) is 0.231. The number of ketones is 1. The zero-order valence-corrected chi connectivity index (χ0v) is 15.5. The van der Waals surface area contributed by atoms with Gasteiger partial charge in [0.05, 0.1) is 0 Å². The highest BCUT2D eigenvalue weighted by Gasteiger charge is 2.22. The van der Waals surface area contributed by atoms with Crippen molar-refractivity contribution in [1.82, 2.24) is 0 Å². The number of hydrogen-bond acceptors (Lipinski definition) is 3. The second-order valence-corrected chi connectivity index (χ2v) is 6.90. The van der Waals surface area contributed by atoms with Gasteiger partial charge in [0.25, 0.3) is 0 Å². The number of nitrogens with two attached hydrogens (primary N) is 1. The van der Waals surface area contributed by atoms with Crippen molar-refractivity contribution in [1.29, 1.82) is 0 Å². The molecule has 3 N–H and O–H groups in total. The number of rotatable bonds is 16. The van der Waals surface area contributed by atoms with Crippen molar-refractivity contribution in [3.63, 3.8) is 0 Å². The topological polar surface area (TPSA) is 63.3 Å². The van der Waals surface area contributed by atoms with Crippen molar-refractivity contribution in [3.8, 4) is 0 Å². The summed E-state index contributed by atoms with van der Waals surface area (Å²) in [6.45, 7) is 3.61. The molecule has 0 spiro atoms. The van der Waals surface area contributed by atoms with Crippen molar-refractivity contribution < 1.29 is 9.90 Å². The second kappa shape index (κ2) is 14.9. The normalized spacial score (nSPS) is 14.3. The summed E-state index contributed by atoms with van der Waals surface area (Å²) >= 11 is 0. The predicted octanol–water partition coefficient (Wildman–Crippen LogP) is 5.26. The van der Waals surface area contributed by atoms with Crippen LogP contribution < -0.4 is 5.73 Å². The lowest BCUT2D eigenvalue weighted by molar-refractivity contribution is -0.135. The zero-order chi connectivity index (χ0) is 17.4. The molecule has 1 unspecified atom stereocenters. The number of carbonyl (C=O) groups is 1. The van der Waals surface area contributed by atoms with E-state index >= 15 is 0 Å². The highest BCUT2D eigenvalue weighted by Crippen LogP contribution is 2.11. The Morgan fingerprint density at radius 2 is 1.30 bits per heavy atom. The molecule has 0 saturated heterocycles. The van der Waals surface area contributed by atoms with E-state index in [0.29, 0.717) is 6.42 Å². The van der Waals surface area contributed by atoms with E-state index in [9.17, 15) is 9.90 Å². The van der Waals surface area contributed by atoms with Crippen LogP contribution in [-0.4, -0.2) is 16.6 Å². The van der Waals surface area contributed by atoms with Crippen molar-refractivity contribution in [2.45, 2.75) is 109 Å². The number of carbonyl (C=O) groups excluding carboxylic acids is 1. The van der Waals surface area contributed by atoms with Crippen LogP contribution in [0.4, 0.5) is 0 Å². The molecule has 0 aliphatic heterocycles. The van der Waals surface area contributed by atoms with Gasteiger partial charge in [-0.3, -0.25) is 10.5 Å². The van der Waals surface area contributed by atoms with Gasteiger partial charge in [-0.2, -0.15) is 0 Å². The van der Waals surface area contributed by atoms with Gasteiger partial charge in [-0.1, -0.05) is 70.4 Å². The number of allylic oxidation sites excluding steroid dienone is 2. The Morgan fingerprint density at radius 3 is 1.78 bits per heavy atom. The highest BCUT2D eigenvalue weighted by molar-refractivity contribution is 5.85. The molecule has 0 heterocycles. The minimum absolute atomic E-state index is 0.255. The fourth-order valence-electron chi connectivity index (χ4n) is 2.61. The van der Waals surface area contributed by atoms with Gasteiger partial charge >= 0.3 is 0 Å². The van der Waals surface area contributed by atoms with Crippen LogP contribution in [0.2, 0.25) is 0 Å². The van der Waals surface area contributed by atoms with E-state index in [-0.39, 0.29) is 5.78 Å². The molecule has 0 bridgehead atoms. The van der Waals surface area contributed by atoms with Gasteiger partial charge in [-0.25, -0.2) is 0 Å². The molecule has 3 heteroatoms. The van der Waals surface area contributed by atoms with Crippen molar-refractivity contribution in [2.24, 2.45) is 5.73 Å². The third-order valence-corrected chi connectivity index (χ3v) is 4.23. The molecule has 3 nitrogen and oxygen atoms in total. The molecule has 0 saturated carbocycles. The molecule has 136 valence electrons. The molecule has 1 atom stereocenters. The SMILES string of the molecule is CCCCCCCC/C=C\CCCCCCCC(=O)C(C)(N)O. The summed E-state index contributed by atoms with van der Waals surface area (Å²) in [5, 5.41) is 9.32. The lowest BCUT2D eigenvalue weighted by atomic mass is 10.0. The summed E-state index contributed by atoms with van der Waals surface area (Å²) in [5.41, 5.74) is 3.69. The van der Waals surface area contributed by atoms with Crippen LogP contribution in [0.5, 0.6) is 0 Å². The van der Waals surface area contributed by atoms with Crippen LogP contribution in [0, 0.1) is 0 Å². The van der Waals surface area contributed by atoms with Crippen LogP contribution >= 0.6 is 0 Å². The molecular weight excluding hydrogens is 286 g/mol. The van der Waals surface area contributed by atoms with Gasteiger partial charge in [-0.15, -0.1) is 0 Å². The molecule has 0 fully saturated rings. The first-order chi connectivity index (χ1) is 11.0. The Balaban J connectivity index is 3.24. The smallest absolute Gasteiger partial charge is 0.178 e. The average Bonchev–Trinajstić information content (AvgIpc) is 2.50. The van der Waals surface area contributed by atoms with Crippen molar-refractivity contribution >= 4 is 5.78 Å². The Bertz CT molecular complexity index is 305. The molecule has 0 rings (SSSR count). The van der Waals surface area contributed by atoms with Crippen LogP contribution in [0.25, 0.3) is 0 Å². The van der Waals surface area contributed by atoms with Gasteiger partial charge in [0.15, 0.2) is 11.5 Å². The third kappa shape index (κ3) is 16.0. The van der Waals surface area contributed by atoms with Crippen LogP contribution in [0.3, 0.4) is 0 Å². The Labute approximate surface area is 143 Å². The third-order valence-electron chi connectivity index (χ3n) is 4.23. The van der Waals surface area contributed by atoms with Gasteiger partial charge in [0, 0.05) is 6.42 Å². The molecule has 23 heavy (non-hydrogen) atoms. The minimum Gasteiger partial charge on any atom is -0.369 e. The summed E-state index contributed by atoms with van der Waals surface area (Å²) in [5.74, 6) is -0.255. The highest BCUT2D eigenvalue weighted by atomic mass is 16.3.